The van der Waals surface area contributed by atoms with E-state index < -0.39 is 17.4 Å². The molecule has 2 saturated carbocycles. The quantitative estimate of drug-likeness (QED) is 0.178. The molecular formula is C33H45F4N3O. The van der Waals surface area contributed by atoms with Gasteiger partial charge in [-0.2, -0.15) is 13.2 Å². The van der Waals surface area contributed by atoms with Crippen molar-refractivity contribution in [2.24, 2.45) is 10.9 Å². The first kappa shape index (κ1) is 32.6. The summed E-state index contributed by atoms with van der Waals surface area (Å²) in [5.74, 6) is 0.293. The Kier molecular flexibility index (Phi) is 11.0. The predicted molar refractivity (Wildman–Crippen MR) is 158 cm³/mol. The molecule has 1 aromatic carbocycles. The van der Waals surface area contributed by atoms with Crippen molar-refractivity contribution in [3.63, 3.8) is 0 Å². The number of carbonyl (C=O) groups is 1. The van der Waals surface area contributed by atoms with Crippen LogP contribution in [0.1, 0.15) is 84.3 Å². The van der Waals surface area contributed by atoms with Crippen LogP contribution in [0.2, 0.25) is 0 Å². The number of nitrogens with zero attached hydrogens (tertiary/aromatic N) is 3. The molecule has 0 aromatic heterocycles. The zero-order chi connectivity index (χ0) is 30.4. The molecule has 1 atom stereocenters. The zero-order valence-corrected chi connectivity index (χ0v) is 25.2. The second-order valence-electron chi connectivity index (χ2n) is 11.4. The minimum atomic E-state index is -4.22. The highest BCUT2D eigenvalue weighted by atomic mass is 19.4. The van der Waals surface area contributed by atoms with E-state index in [1.807, 2.05) is 20.8 Å². The first-order valence-corrected chi connectivity index (χ1v) is 14.8. The number of allylic oxidation sites excluding steroid dienone is 4. The van der Waals surface area contributed by atoms with Crippen LogP contribution in [0.3, 0.4) is 0 Å². The van der Waals surface area contributed by atoms with E-state index in [0.29, 0.717) is 31.7 Å². The average Bonchev–Trinajstić information content (AvgIpc) is 3.65. The molecule has 8 heteroatoms. The summed E-state index contributed by atoms with van der Waals surface area (Å²) in [7, 11) is 0. The van der Waals surface area contributed by atoms with Crippen LogP contribution in [0.15, 0.2) is 65.0 Å². The summed E-state index contributed by atoms with van der Waals surface area (Å²) < 4.78 is 50.9. The minimum Gasteiger partial charge on any atom is -0.371 e. The number of rotatable bonds is 8. The second-order valence-corrected chi connectivity index (χ2v) is 11.4. The highest BCUT2D eigenvalue weighted by Gasteiger charge is 2.53. The van der Waals surface area contributed by atoms with Gasteiger partial charge in [0.2, 0.25) is 0 Å². The van der Waals surface area contributed by atoms with Crippen molar-refractivity contribution in [1.82, 2.24) is 9.80 Å². The summed E-state index contributed by atoms with van der Waals surface area (Å²) in [5, 5.41) is 0. The third-order valence-electron chi connectivity index (χ3n) is 8.38. The maximum Gasteiger partial charge on any atom is 0.416 e. The van der Waals surface area contributed by atoms with E-state index in [4.69, 9.17) is 0 Å². The number of amides is 1. The largest absolute Gasteiger partial charge is 0.416 e. The van der Waals surface area contributed by atoms with Crippen LogP contribution >= 0.6 is 0 Å². The van der Waals surface area contributed by atoms with Crippen molar-refractivity contribution < 1.29 is 22.4 Å². The van der Waals surface area contributed by atoms with Crippen molar-refractivity contribution in [3.05, 3.63) is 71.1 Å². The number of aliphatic imine (C=N–C) groups is 1. The lowest BCUT2D eigenvalue weighted by Gasteiger charge is -2.43. The highest BCUT2D eigenvalue weighted by molar-refractivity contribution is 6.03. The van der Waals surface area contributed by atoms with Gasteiger partial charge in [0.15, 0.2) is 5.67 Å². The Morgan fingerprint density at radius 3 is 2.37 bits per heavy atom. The van der Waals surface area contributed by atoms with E-state index in [0.717, 1.165) is 36.9 Å². The fraction of sp³-hybridized carbons (Fsp3) is 0.576. The third-order valence-corrected chi connectivity index (χ3v) is 8.38. The maximum atomic E-state index is 14.3. The minimum absolute atomic E-state index is 0.0000770. The molecule has 0 bridgehead atoms. The smallest absolute Gasteiger partial charge is 0.371 e. The summed E-state index contributed by atoms with van der Waals surface area (Å²) in [6.45, 7) is 16.1. The highest BCUT2D eigenvalue weighted by Crippen LogP contribution is 2.42. The monoisotopic (exact) mass is 575 g/mol. The van der Waals surface area contributed by atoms with Crippen LogP contribution in [-0.4, -0.2) is 52.8 Å². The summed E-state index contributed by atoms with van der Waals surface area (Å²) in [5.41, 5.74) is 3.38. The molecule has 0 radical (unpaired) electrons. The molecule has 3 fully saturated rings. The lowest BCUT2D eigenvalue weighted by Crippen LogP contribution is -2.55. The lowest BCUT2D eigenvalue weighted by atomic mass is 9.75. The van der Waals surface area contributed by atoms with Crippen LogP contribution in [0.4, 0.5) is 17.6 Å². The molecule has 1 amide bonds. The second kappa shape index (κ2) is 13.8. The van der Waals surface area contributed by atoms with E-state index >= 15 is 0 Å². The fourth-order valence-electron chi connectivity index (χ4n) is 5.68. The fourth-order valence-corrected chi connectivity index (χ4v) is 5.68. The number of carbonyl (C=O) groups excluding carboxylic acids is 1. The van der Waals surface area contributed by atoms with Crippen molar-refractivity contribution in [2.45, 2.75) is 97.5 Å². The Balaban J connectivity index is 0.000000298. The third kappa shape index (κ3) is 8.10. The molecule has 1 unspecified atom stereocenters. The van der Waals surface area contributed by atoms with E-state index in [9.17, 15) is 22.4 Å². The molecule has 41 heavy (non-hydrogen) atoms. The van der Waals surface area contributed by atoms with Gasteiger partial charge in [-0.3, -0.25) is 9.79 Å². The molecule has 1 aliphatic heterocycles. The zero-order valence-electron chi connectivity index (χ0n) is 25.2. The maximum absolute atomic E-state index is 14.3. The van der Waals surface area contributed by atoms with Gasteiger partial charge in [-0.1, -0.05) is 50.6 Å². The summed E-state index contributed by atoms with van der Waals surface area (Å²) in [6, 6.07) is 5.48. The Bertz CT molecular complexity index is 1180. The molecule has 3 aliphatic rings. The molecule has 1 aromatic rings. The van der Waals surface area contributed by atoms with Crippen LogP contribution in [0.5, 0.6) is 0 Å². The summed E-state index contributed by atoms with van der Waals surface area (Å²) >= 11 is 0. The molecule has 0 spiro atoms. The van der Waals surface area contributed by atoms with E-state index in [-0.39, 0.29) is 11.9 Å². The van der Waals surface area contributed by atoms with Crippen molar-refractivity contribution in [1.29, 1.82) is 0 Å². The number of halogens is 4. The number of hydrogen-bond acceptors (Lipinski definition) is 3. The van der Waals surface area contributed by atoms with Gasteiger partial charge in [0.05, 0.1) is 5.56 Å². The van der Waals surface area contributed by atoms with Crippen molar-refractivity contribution in [3.8, 4) is 0 Å². The Hall–Kier alpha value is -2.90. The van der Waals surface area contributed by atoms with Gasteiger partial charge in [0, 0.05) is 48.9 Å². The van der Waals surface area contributed by atoms with Crippen molar-refractivity contribution >= 4 is 11.6 Å². The molecule has 4 nitrogen and oxygen atoms in total. The summed E-state index contributed by atoms with van der Waals surface area (Å²) in [6.07, 6.45) is 5.68. The molecule has 1 saturated heterocycles. The Morgan fingerprint density at radius 2 is 1.88 bits per heavy atom. The average molecular weight is 576 g/mol. The van der Waals surface area contributed by atoms with E-state index in [1.54, 1.807) is 17.2 Å². The van der Waals surface area contributed by atoms with Gasteiger partial charge >= 0.3 is 6.18 Å². The van der Waals surface area contributed by atoms with Crippen LogP contribution in [0.25, 0.3) is 0 Å². The van der Waals surface area contributed by atoms with Crippen LogP contribution in [0, 0.1) is 5.92 Å². The SMILES string of the molecule is C=CN=C(C)C(/C(=C\C)C1CCC1)=C(\C)N1CCN(C(=O)C2(F)CC2)C(C)C1.CCCc1cccc(C(F)(F)F)c1. The first-order valence-electron chi connectivity index (χ1n) is 14.8. The lowest BCUT2D eigenvalue weighted by molar-refractivity contribution is -0.142. The number of hydrogen-bond donors (Lipinski definition) is 0. The number of benzene rings is 1. The van der Waals surface area contributed by atoms with E-state index in [1.165, 1.54) is 48.2 Å². The van der Waals surface area contributed by atoms with Gasteiger partial charge in [-0.25, -0.2) is 4.39 Å². The Morgan fingerprint density at radius 1 is 1.20 bits per heavy atom. The van der Waals surface area contributed by atoms with Crippen LogP contribution in [-0.2, 0) is 17.4 Å². The number of alkyl halides is 4. The molecule has 2 aliphatic carbocycles. The molecule has 1 heterocycles. The van der Waals surface area contributed by atoms with Gasteiger partial charge < -0.3 is 9.80 Å². The van der Waals surface area contributed by atoms with Crippen LogP contribution < -0.4 is 0 Å². The number of aryl methyl sites for hydroxylation is 1. The Labute approximate surface area is 242 Å². The predicted octanol–water partition coefficient (Wildman–Crippen LogP) is 8.30. The molecule has 226 valence electrons. The first-order chi connectivity index (χ1) is 19.4. The molecule has 0 N–H and O–H groups in total. The normalized spacial score (nSPS) is 21.8. The van der Waals surface area contributed by atoms with Gasteiger partial charge in [-0.15, -0.1) is 0 Å². The molecular weight excluding hydrogens is 530 g/mol. The topological polar surface area (TPSA) is 35.9 Å². The van der Waals surface area contributed by atoms with Gasteiger partial charge in [0.25, 0.3) is 5.91 Å². The number of piperazine rings is 1. The van der Waals surface area contributed by atoms with Gasteiger partial charge in [-0.05, 0) is 82.9 Å². The van der Waals surface area contributed by atoms with Crippen molar-refractivity contribution in [2.75, 3.05) is 19.6 Å². The van der Waals surface area contributed by atoms with Gasteiger partial charge in [0.1, 0.15) is 0 Å². The molecule has 4 rings (SSSR count). The van der Waals surface area contributed by atoms with E-state index in [2.05, 4.69) is 36.4 Å². The summed E-state index contributed by atoms with van der Waals surface area (Å²) in [4.78, 5) is 21.0. The standard InChI is InChI=1S/C23H34FN3O.C10H11F3/c1-6-20(19-9-8-10-19)21(17(4)25-7-2)18(5)26-13-14-27(16(3)15-26)22(28)23(24)11-12-23;1-2-4-8-5-3-6-9(7-8)10(11,12)13/h6-7,16,19H,2,8-15H2,1,3-5H3;3,5-7H,2,4H2,1H3/b20-6-,21-18-,25-17?;.